The maximum Gasteiger partial charge on any atom is 0.237 e. The van der Waals surface area contributed by atoms with E-state index in [1.165, 1.54) is 38.5 Å². The molecule has 1 amide bonds. The first-order valence-corrected chi connectivity index (χ1v) is 10.8. The minimum absolute atomic E-state index is 0.0381. The van der Waals surface area contributed by atoms with Gasteiger partial charge in [-0.05, 0) is 75.3 Å². The Morgan fingerprint density at radius 3 is 2.26 bits per heavy atom. The van der Waals surface area contributed by atoms with Gasteiger partial charge in [0.05, 0.1) is 6.04 Å². The SMILES string of the molecule is C[C@@H](C(=O)NC12CC3CC(CC(C3)C1)C2)N1CCN(c2ccccn2)CC1. The van der Waals surface area contributed by atoms with Gasteiger partial charge in [-0.3, -0.25) is 9.69 Å². The van der Waals surface area contributed by atoms with E-state index in [1.54, 1.807) is 0 Å². The second-order valence-electron chi connectivity index (χ2n) is 9.57. The zero-order chi connectivity index (χ0) is 18.4. The van der Waals surface area contributed by atoms with E-state index in [9.17, 15) is 4.79 Å². The van der Waals surface area contributed by atoms with E-state index in [0.29, 0.717) is 0 Å². The van der Waals surface area contributed by atoms with Crippen LogP contribution in [0.2, 0.25) is 0 Å². The van der Waals surface area contributed by atoms with Gasteiger partial charge in [0.1, 0.15) is 5.82 Å². The van der Waals surface area contributed by atoms with Crippen LogP contribution in [-0.4, -0.2) is 53.6 Å². The molecule has 5 fully saturated rings. The number of pyridine rings is 1. The summed E-state index contributed by atoms with van der Waals surface area (Å²) in [6.07, 6.45) is 9.78. The Morgan fingerprint density at radius 2 is 1.70 bits per heavy atom. The first-order chi connectivity index (χ1) is 13.1. The van der Waals surface area contributed by atoms with Gasteiger partial charge in [-0.15, -0.1) is 0 Å². The van der Waals surface area contributed by atoms with Crippen molar-refractivity contribution in [2.24, 2.45) is 17.8 Å². The van der Waals surface area contributed by atoms with Crippen LogP contribution in [0.1, 0.15) is 45.4 Å². The number of carbonyl (C=O) groups is 1. The molecule has 0 aromatic carbocycles. The van der Waals surface area contributed by atoms with Gasteiger partial charge in [0, 0.05) is 37.9 Å². The van der Waals surface area contributed by atoms with Gasteiger partial charge in [-0.1, -0.05) is 6.07 Å². The minimum atomic E-state index is -0.0381. The highest BCUT2D eigenvalue weighted by Crippen LogP contribution is 2.55. The molecule has 0 radical (unpaired) electrons. The summed E-state index contributed by atoms with van der Waals surface area (Å²) in [5.74, 6) is 3.90. The molecule has 6 rings (SSSR count). The van der Waals surface area contributed by atoms with Gasteiger partial charge in [0.2, 0.25) is 5.91 Å². The van der Waals surface area contributed by atoms with Crippen LogP contribution in [0.4, 0.5) is 5.82 Å². The molecule has 4 bridgehead atoms. The van der Waals surface area contributed by atoms with Crippen molar-refractivity contribution in [3.63, 3.8) is 0 Å². The van der Waals surface area contributed by atoms with Crippen molar-refractivity contribution in [1.29, 1.82) is 0 Å². The summed E-state index contributed by atoms with van der Waals surface area (Å²) < 4.78 is 0. The lowest BCUT2D eigenvalue weighted by molar-refractivity contribution is -0.131. The molecule has 1 aromatic heterocycles. The highest BCUT2D eigenvalue weighted by Gasteiger charge is 2.51. The standard InChI is InChI=1S/C22H32N4O/c1-16(25-6-8-26(9-7-25)20-4-2-3-5-23-20)21(27)24-22-13-17-10-18(14-22)12-19(11-17)15-22/h2-5,16-19H,6-15H2,1H3,(H,24,27)/t16-,17?,18?,19?,22?/m0/s1. The molecule has 0 unspecified atom stereocenters. The number of carbonyl (C=O) groups excluding carboxylic acids is 1. The number of nitrogens with zero attached hydrogens (tertiary/aromatic N) is 3. The number of hydrogen-bond donors (Lipinski definition) is 1. The van der Waals surface area contributed by atoms with Gasteiger partial charge in [0.25, 0.3) is 0 Å². The van der Waals surface area contributed by atoms with Crippen LogP contribution in [0.5, 0.6) is 0 Å². The van der Waals surface area contributed by atoms with Gasteiger partial charge in [-0.2, -0.15) is 0 Å². The number of anilines is 1. The molecular weight excluding hydrogens is 336 g/mol. The van der Waals surface area contributed by atoms with Crippen LogP contribution in [0.15, 0.2) is 24.4 Å². The van der Waals surface area contributed by atoms with Crippen molar-refractivity contribution in [3.05, 3.63) is 24.4 Å². The Kier molecular flexibility index (Phi) is 4.38. The van der Waals surface area contributed by atoms with Gasteiger partial charge < -0.3 is 10.2 Å². The number of piperazine rings is 1. The van der Waals surface area contributed by atoms with Crippen molar-refractivity contribution < 1.29 is 4.79 Å². The normalized spacial score (nSPS) is 36.6. The molecule has 2 heterocycles. The van der Waals surface area contributed by atoms with Crippen LogP contribution in [-0.2, 0) is 4.79 Å². The van der Waals surface area contributed by atoms with Crippen LogP contribution >= 0.6 is 0 Å². The summed E-state index contributed by atoms with van der Waals surface area (Å²) in [5.41, 5.74) is 0.121. The minimum Gasteiger partial charge on any atom is -0.354 e. The topological polar surface area (TPSA) is 48.5 Å². The summed E-state index contributed by atoms with van der Waals surface area (Å²) >= 11 is 0. The Bertz CT molecular complexity index is 648. The summed E-state index contributed by atoms with van der Waals surface area (Å²) in [4.78, 5) is 22.2. The number of aromatic nitrogens is 1. The second kappa shape index (κ2) is 6.77. The van der Waals surface area contributed by atoms with Crippen molar-refractivity contribution in [2.75, 3.05) is 31.1 Å². The van der Waals surface area contributed by atoms with Crippen molar-refractivity contribution in [2.45, 2.75) is 57.0 Å². The van der Waals surface area contributed by atoms with E-state index in [-0.39, 0.29) is 17.5 Å². The lowest BCUT2D eigenvalue weighted by Gasteiger charge is -2.57. The lowest BCUT2D eigenvalue weighted by Crippen LogP contribution is -2.63. The maximum absolute atomic E-state index is 13.1. The third kappa shape index (κ3) is 3.35. The Balaban J connectivity index is 1.18. The molecular formula is C22H32N4O. The fraction of sp³-hybridized carbons (Fsp3) is 0.727. The van der Waals surface area contributed by atoms with Gasteiger partial charge >= 0.3 is 0 Å². The quantitative estimate of drug-likeness (QED) is 0.888. The third-order valence-corrected chi connectivity index (χ3v) is 7.64. The maximum atomic E-state index is 13.1. The van der Waals surface area contributed by atoms with Crippen LogP contribution in [0.3, 0.4) is 0 Å². The van der Waals surface area contributed by atoms with E-state index in [0.717, 1.165) is 49.8 Å². The largest absolute Gasteiger partial charge is 0.354 e. The molecule has 4 aliphatic carbocycles. The van der Waals surface area contributed by atoms with Crippen LogP contribution in [0, 0.1) is 17.8 Å². The smallest absolute Gasteiger partial charge is 0.237 e. The molecule has 1 saturated heterocycles. The fourth-order valence-corrected chi connectivity index (χ4v) is 6.67. The third-order valence-electron chi connectivity index (χ3n) is 7.64. The zero-order valence-electron chi connectivity index (χ0n) is 16.4. The molecule has 1 N–H and O–H groups in total. The highest BCUT2D eigenvalue weighted by atomic mass is 16.2. The van der Waals surface area contributed by atoms with Gasteiger partial charge in [0.15, 0.2) is 0 Å². The average Bonchev–Trinajstić information content (AvgIpc) is 2.67. The first-order valence-electron chi connectivity index (χ1n) is 10.8. The molecule has 5 heteroatoms. The Labute approximate surface area is 162 Å². The first kappa shape index (κ1) is 17.5. The van der Waals surface area contributed by atoms with Crippen LogP contribution < -0.4 is 10.2 Å². The number of nitrogens with one attached hydrogen (secondary N) is 1. The summed E-state index contributed by atoms with van der Waals surface area (Å²) in [7, 11) is 0. The van der Waals surface area contributed by atoms with Crippen molar-refractivity contribution in [3.8, 4) is 0 Å². The van der Waals surface area contributed by atoms with Crippen molar-refractivity contribution >= 4 is 11.7 Å². The number of hydrogen-bond acceptors (Lipinski definition) is 4. The van der Waals surface area contributed by atoms with E-state index < -0.39 is 0 Å². The molecule has 5 nitrogen and oxygen atoms in total. The summed E-state index contributed by atoms with van der Waals surface area (Å²) in [6, 6.07) is 6.02. The Morgan fingerprint density at radius 1 is 1.07 bits per heavy atom. The monoisotopic (exact) mass is 368 g/mol. The molecule has 1 aromatic rings. The van der Waals surface area contributed by atoms with Crippen LogP contribution in [0.25, 0.3) is 0 Å². The molecule has 4 saturated carbocycles. The molecule has 1 aliphatic heterocycles. The average molecular weight is 369 g/mol. The summed E-state index contributed by atoms with van der Waals surface area (Å²) in [6.45, 7) is 5.81. The zero-order valence-corrected chi connectivity index (χ0v) is 16.4. The predicted octanol–water partition coefficient (Wildman–Crippen LogP) is 2.68. The molecule has 27 heavy (non-hydrogen) atoms. The lowest BCUT2D eigenvalue weighted by atomic mass is 9.53. The molecule has 5 aliphatic rings. The van der Waals surface area contributed by atoms with E-state index >= 15 is 0 Å². The van der Waals surface area contributed by atoms with E-state index in [1.807, 2.05) is 18.3 Å². The highest BCUT2D eigenvalue weighted by molar-refractivity contribution is 5.82. The molecule has 1 atom stereocenters. The Hall–Kier alpha value is -1.62. The predicted molar refractivity (Wildman–Crippen MR) is 107 cm³/mol. The summed E-state index contributed by atoms with van der Waals surface area (Å²) in [5, 5.41) is 3.56. The van der Waals surface area contributed by atoms with Crippen molar-refractivity contribution in [1.82, 2.24) is 15.2 Å². The molecule has 146 valence electrons. The fourth-order valence-electron chi connectivity index (χ4n) is 6.67. The molecule has 0 spiro atoms. The van der Waals surface area contributed by atoms with Gasteiger partial charge in [-0.25, -0.2) is 4.98 Å². The van der Waals surface area contributed by atoms with E-state index in [2.05, 4.69) is 33.1 Å². The van der Waals surface area contributed by atoms with E-state index in [4.69, 9.17) is 0 Å². The number of amides is 1. The second-order valence-corrected chi connectivity index (χ2v) is 9.57. The number of rotatable bonds is 4.